The smallest absolute Gasteiger partial charge is 0.251 e. The first-order valence-electron chi connectivity index (χ1n) is 9.45. The van der Waals surface area contributed by atoms with Crippen LogP contribution in [0.15, 0.2) is 51.9 Å². The van der Waals surface area contributed by atoms with Crippen molar-refractivity contribution in [1.29, 1.82) is 0 Å². The lowest BCUT2D eigenvalue weighted by atomic mass is 10.1. The molecule has 0 aliphatic heterocycles. The van der Waals surface area contributed by atoms with Crippen LogP contribution in [0.4, 0.5) is 4.39 Å². The first kappa shape index (κ1) is 20.4. The van der Waals surface area contributed by atoms with E-state index in [-0.39, 0.29) is 11.7 Å². The molecule has 3 aromatic rings. The molecule has 1 amide bonds. The van der Waals surface area contributed by atoms with Crippen LogP contribution < -0.4 is 16.0 Å². The van der Waals surface area contributed by atoms with Gasteiger partial charge in [-0.3, -0.25) is 9.79 Å². The van der Waals surface area contributed by atoms with Gasteiger partial charge in [-0.1, -0.05) is 12.1 Å². The summed E-state index contributed by atoms with van der Waals surface area (Å²) >= 11 is 0. The predicted molar refractivity (Wildman–Crippen MR) is 113 cm³/mol. The number of hydrogen-bond donors (Lipinski definition) is 3. The quantitative estimate of drug-likeness (QED) is 0.442. The van der Waals surface area contributed by atoms with E-state index in [1.165, 1.54) is 12.1 Å². The van der Waals surface area contributed by atoms with E-state index in [0.717, 1.165) is 28.7 Å². The average Bonchev–Trinajstić information content (AvgIpc) is 3.05. The number of carbonyl (C=O) groups excluding carboxylic acids is 1. The Balaban J connectivity index is 1.55. The van der Waals surface area contributed by atoms with Crippen LogP contribution in [-0.4, -0.2) is 32.5 Å². The van der Waals surface area contributed by atoms with Crippen molar-refractivity contribution in [2.75, 3.05) is 20.6 Å². The van der Waals surface area contributed by atoms with Gasteiger partial charge in [0.25, 0.3) is 5.91 Å². The van der Waals surface area contributed by atoms with E-state index in [1.807, 2.05) is 25.1 Å². The van der Waals surface area contributed by atoms with E-state index >= 15 is 0 Å². The van der Waals surface area contributed by atoms with Crippen molar-refractivity contribution >= 4 is 22.8 Å². The maximum Gasteiger partial charge on any atom is 0.251 e. The molecule has 0 saturated carbocycles. The van der Waals surface area contributed by atoms with E-state index < -0.39 is 0 Å². The molecule has 0 fully saturated rings. The summed E-state index contributed by atoms with van der Waals surface area (Å²) in [6.45, 7) is 3.01. The largest absolute Gasteiger partial charge is 0.459 e. The molecule has 0 aliphatic rings. The van der Waals surface area contributed by atoms with Crippen molar-refractivity contribution in [3.8, 4) is 0 Å². The summed E-state index contributed by atoms with van der Waals surface area (Å²) < 4.78 is 19.3. The number of hydrogen-bond acceptors (Lipinski definition) is 3. The first-order chi connectivity index (χ1) is 14.0. The van der Waals surface area contributed by atoms with Crippen LogP contribution in [0.5, 0.6) is 0 Å². The minimum Gasteiger partial charge on any atom is -0.459 e. The zero-order valence-corrected chi connectivity index (χ0v) is 16.8. The number of furan rings is 1. The number of aryl methyl sites for hydroxylation is 1. The highest BCUT2D eigenvalue weighted by atomic mass is 19.1. The summed E-state index contributed by atoms with van der Waals surface area (Å²) in [4.78, 5) is 16.0. The van der Waals surface area contributed by atoms with Crippen LogP contribution in [0.25, 0.3) is 11.0 Å². The van der Waals surface area contributed by atoms with Crippen molar-refractivity contribution in [3.05, 3.63) is 70.7 Å². The van der Waals surface area contributed by atoms with Crippen molar-refractivity contribution in [3.63, 3.8) is 0 Å². The van der Waals surface area contributed by atoms with Gasteiger partial charge in [-0.05, 0) is 49.2 Å². The standard InChI is InChI=1S/C22H25FN4O2/c1-14-18-12-17(23)7-8-19(18)29-20(14)13-27-22(25-3)26-10-9-15-5-4-6-16(11-15)21(28)24-2/h4-8,11-12H,9-10,13H2,1-3H3,(H,24,28)(H2,25,26,27). The number of nitrogens with zero attached hydrogens (tertiary/aromatic N) is 1. The highest BCUT2D eigenvalue weighted by molar-refractivity contribution is 5.94. The van der Waals surface area contributed by atoms with Crippen molar-refractivity contribution in [1.82, 2.24) is 16.0 Å². The van der Waals surface area contributed by atoms with Crippen molar-refractivity contribution < 1.29 is 13.6 Å². The second kappa shape index (κ2) is 9.23. The zero-order valence-electron chi connectivity index (χ0n) is 16.8. The van der Waals surface area contributed by atoms with Gasteiger partial charge < -0.3 is 20.4 Å². The predicted octanol–water partition coefficient (Wildman–Crippen LogP) is 3.15. The van der Waals surface area contributed by atoms with Gasteiger partial charge in [-0.25, -0.2) is 4.39 Å². The summed E-state index contributed by atoms with van der Waals surface area (Å²) in [6, 6.07) is 12.0. The highest BCUT2D eigenvalue weighted by Crippen LogP contribution is 2.25. The van der Waals surface area contributed by atoms with Gasteiger partial charge in [0, 0.05) is 37.2 Å². The third-order valence-electron chi connectivity index (χ3n) is 4.76. The van der Waals surface area contributed by atoms with E-state index in [1.54, 1.807) is 26.2 Å². The third kappa shape index (κ3) is 4.93. The van der Waals surface area contributed by atoms with Crippen LogP contribution in [0.1, 0.15) is 27.2 Å². The fraction of sp³-hybridized carbons (Fsp3) is 0.273. The van der Waals surface area contributed by atoms with Gasteiger partial charge in [0.2, 0.25) is 0 Å². The summed E-state index contributed by atoms with van der Waals surface area (Å²) in [5.41, 5.74) is 3.28. The van der Waals surface area contributed by atoms with E-state index in [0.29, 0.717) is 30.2 Å². The molecule has 3 rings (SSSR count). The maximum absolute atomic E-state index is 13.5. The van der Waals surface area contributed by atoms with Crippen molar-refractivity contribution in [2.45, 2.75) is 19.9 Å². The van der Waals surface area contributed by atoms with Crippen LogP contribution in [0.2, 0.25) is 0 Å². The number of carbonyl (C=O) groups is 1. The minimum atomic E-state index is -0.279. The number of amides is 1. The Labute approximate surface area is 169 Å². The molecular formula is C22H25FN4O2. The molecule has 0 aliphatic carbocycles. The topological polar surface area (TPSA) is 78.7 Å². The van der Waals surface area contributed by atoms with E-state index in [4.69, 9.17) is 4.42 Å². The molecule has 0 radical (unpaired) electrons. The lowest BCUT2D eigenvalue weighted by Gasteiger charge is -2.11. The fourth-order valence-electron chi connectivity index (χ4n) is 3.13. The lowest BCUT2D eigenvalue weighted by molar-refractivity contribution is 0.0963. The second-order valence-electron chi connectivity index (χ2n) is 6.67. The summed E-state index contributed by atoms with van der Waals surface area (Å²) in [5, 5.41) is 9.87. The molecule has 2 aromatic carbocycles. The lowest BCUT2D eigenvalue weighted by Crippen LogP contribution is -2.37. The average molecular weight is 396 g/mol. The van der Waals surface area contributed by atoms with Gasteiger partial charge in [0.1, 0.15) is 17.2 Å². The molecule has 7 heteroatoms. The Hall–Kier alpha value is -3.35. The van der Waals surface area contributed by atoms with Gasteiger partial charge in [-0.2, -0.15) is 0 Å². The Kier molecular flexibility index (Phi) is 6.49. The Morgan fingerprint density at radius 1 is 1.17 bits per heavy atom. The van der Waals surface area contributed by atoms with Crippen molar-refractivity contribution in [2.24, 2.45) is 4.99 Å². The van der Waals surface area contributed by atoms with Gasteiger partial charge in [0.15, 0.2) is 5.96 Å². The fourth-order valence-corrected chi connectivity index (χ4v) is 3.13. The summed E-state index contributed by atoms with van der Waals surface area (Å²) in [5.74, 6) is 1.00. The monoisotopic (exact) mass is 396 g/mol. The molecule has 0 saturated heterocycles. The molecule has 3 N–H and O–H groups in total. The molecule has 6 nitrogen and oxygen atoms in total. The van der Waals surface area contributed by atoms with Gasteiger partial charge in [0.05, 0.1) is 6.54 Å². The highest BCUT2D eigenvalue weighted by Gasteiger charge is 2.11. The summed E-state index contributed by atoms with van der Waals surface area (Å²) in [7, 11) is 3.31. The SMILES string of the molecule is CN=C(NCCc1cccc(C(=O)NC)c1)NCc1oc2ccc(F)cc2c1C. The van der Waals surface area contributed by atoms with E-state index in [9.17, 15) is 9.18 Å². The third-order valence-corrected chi connectivity index (χ3v) is 4.76. The van der Waals surface area contributed by atoms with E-state index in [2.05, 4.69) is 20.9 Å². The molecule has 29 heavy (non-hydrogen) atoms. The first-order valence-corrected chi connectivity index (χ1v) is 9.45. The number of nitrogens with one attached hydrogen (secondary N) is 3. The molecule has 1 heterocycles. The van der Waals surface area contributed by atoms with Gasteiger partial charge >= 0.3 is 0 Å². The normalized spacial score (nSPS) is 11.5. The number of guanidine groups is 1. The molecule has 0 bridgehead atoms. The summed E-state index contributed by atoms with van der Waals surface area (Å²) in [6.07, 6.45) is 0.745. The number of rotatable bonds is 6. The van der Waals surface area contributed by atoms with Crippen LogP contribution in [-0.2, 0) is 13.0 Å². The molecule has 152 valence electrons. The molecule has 1 aromatic heterocycles. The number of benzene rings is 2. The zero-order chi connectivity index (χ0) is 20.8. The maximum atomic E-state index is 13.5. The number of fused-ring (bicyclic) bond motifs is 1. The number of aliphatic imine (C=N–C) groups is 1. The Morgan fingerprint density at radius 3 is 2.76 bits per heavy atom. The van der Waals surface area contributed by atoms with Crippen LogP contribution >= 0.6 is 0 Å². The van der Waals surface area contributed by atoms with Gasteiger partial charge in [-0.15, -0.1) is 0 Å². The second-order valence-corrected chi connectivity index (χ2v) is 6.67. The van der Waals surface area contributed by atoms with Crippen LogP contribution in [0.3, 0.4) is 0 Å². The van der Waals surface area contributed by atoms with Crippen LogP contribution in [0, 0.1) is 12.7 Å². The minimum absolute atomic E-state index is 0.0987. The molecule has 0 spiro atoms. The molecular weight excluding hydrogens is 371 g/mol. The molecule has 0 unspecified atom stereocenters. The Bertz CT molecular complexity index is 1040. The number of halogens is 1. The Morgan fingerprint density at radius 2 is 2.00 bits per heavy atom. The molecule has 0 atom stereocenters.